The van der Waals surface area contributed by atoms with Gasteiger partial charge in [0.15, 0.2) is 15.6 Å². The van der Waals surface area contributed by atoms with Crippen LogP contribution in [0, 0.1) is 0 Å². The molecule has 1 rings (SSSR count). The van der Waals surface area contributed by atoms with E-state index in [1.807, 2.05) is 0 Å². The summed E-state index contributed by atoms with van der Waals surface area (Å²) in [4.78, 5) is 11.7. The molecule has 1 aromatic rings. The molecule has 0 aliphatic rings. The van der Waals surface area contributed by atoms with Gasteiger partial charge in [0.1, 0.15) is 4.75 Å². The van der Waals surface area contributed by atoms with Crippen molar-refractivity contribution >= 4 is 15.6 Å². The Hall–Kier alpha value is -1.10. The van der Waals surface area contributed by atoms with Gasteiger partial charge in [-0.25, -0.2) is 8.42 Å². The van der Waals surface area contributed by atoms with Crippen LogP contribution in [0.3, 0.4) is 0 Å². The Labute approximate surface area is 82.8 Å². The van der Waals surface area contributed by atoms with Gasteiger partial charge >= 0.3 is 0 Å². The number of hydrogen-bond acceptors (Lipinski definition) is 4. The first-order valence-electron chi connectivity index (χ1n) is 4.04. The Balaban J connectivity index is 3.14. The van der Waals surface area contributed by atoms with Gasteiger partial charge in [-0.2, -0.15) is 0 Å². The molecular formula is C9H12O4S. The Morgan fingerprint density at radius 2 is 2.00 bits per heavy atom. The fourth-order valence-corrected chi connectivity index (χ4v) is 1.31. The summed E-state index contributed by atoms with van der Waals surface area (Å²) in [5.74, 6) is -0.453. The van der Waals surface area contributed by atoms with Crippen molar-refractivity contribution in [3.8, 4) is 0 Å². The predicted octanol–water partition coefficient (Wildman–Crippen LogP) is 1.29. The molecular weight excluding hydrogens is 204 g/mol. The van der Waals surface area contributed by atoms with Crippen molar-refractivity contribution in [2.75, 3.05) is 6.26 Å². The van der Waals surface area contributed by atoms with E-state index in [-0.39, 0.29) is 5.76 Å². The van der Waals surface area contributed by atoms with E-state index in [0.717, 1.165) is 6.26 Å². The van der Waals surface area contributed by atoms with E-state index in [9.17, 15) is 13.2 Å². The summed E-state index contributed by atoms with van der Waals surface area (Å²) in [5.41, 5.74) is 0. The lowest BCUT2D eigenvalue weighted by atomic mass is 10.1. The maximum atomic E-state index is 11.7. The zero-order valence-electron chi connectivity index (χ0n) is 8.27. The third kappa shape index (κ3) is 1.72. The molecule has 0 saturated heterocycles. The molecule has 0 spiro atoms. The van der Waals surface area contributed by atoms with E-state index in [1.54, 1.807) is 6.07 Å². The molecule has 1 aromatic heterocycles. The second kappa shape index (κ2) is 3.24. The molecule has 0 aliphatic heterocycles. The molecule has 0 fully saturated rings. The lowest BCUT2D eigenvalue weighted by Crippen LogP contribution is -2.39. The van der Waals surface area contributed by atoms with Crippen LogP contribution >= 0.6 is 0 Å². The number of hydrogen-bond donors (Lipinski definition) is 0. The second-order valence-electron chi connectivity index (χ2n) is 3.59. The van der Waals surface area contributed by atoms with E-state index in [1.165, 1.54) is 26.2 Å². The minimum Gasteiger partial charge on any atom is -0.461 e. The van der Waals surface area contributed by atoms with Crippen LogP contribution in [0.25, 0.3) is 0 Å². The summed E-state index contributed by atoms with van der Waals surface area (Å²) in [5, 5.41) is 0. The SMILES string of the molecule is CC(C)(C(=O)c1ccco1)S(C)(=O)=O. The van der Waals surface area contributed by atoms with Crippen molar-refractivity contribution in [1.82, 2.24) is 0 Å². The van der Waals surface area contributed by atoms with Crippen LogP contribution in [-0.4, -0.2) is 25.2 Å². The summed E-state index contributed by atoms with van der Waals surface area (Å²) >= 11 is 0. The average molecular weight is 216 g/mol. The van der Waals surface area contributed by atoms with Crippen molar-refractivity contribution in [3.05, 3.63) is 24.2 Å². The van der Waals surface area contributed by atoms with Gasteiger partial charge in [0, 0.05) is 6.26 Å². The average Bonchev–Trinajstić information content (AvgIpc) is 2.52. The zero-order chi connectivity index (χ0) is 11.0. The molecule has 5 heteroatoms. The van der Waals surface area contributed by atoms with Gasteiger partial charge in [0.05, 0.1) is 6.26 Å². The Morgan fingerprint density at radius 1 is 1.43 bits per heavy atom. The minimum atomic E-state index is -3.44. The second-order valence-corrected chi connectivity index (χ2v) is 6.15. The molecule has 0 unspecified atom stereocenters. The lowest BCUT2D eigenvalue weighted by Gasteiger charge is -2.18. The van der Waals surface area contributed by atoms with Crippen LogP contribution in [0.5, 0.6) is 0 Å². The van der Waals surface area contributed by atoms with Crippen LogP contribution in [0.4, 0.5) is 0 Å². The monoisotopic (exact) mass is 216 g/mol. The molecule has 78 valence electrons. The number of Topliss-reactive ketones (excluding diaryl/α,β-unsaturated/α-hetero) is 1. The van der Waals surface area contributed by atoms with Crippen LogP contribution in [-0.2, 0) is 9.84 Å². The highest BCUT2D eigenvalue weighted by molar-refractivity contribution is 7.92. The van der Waals surface area contributed by atoms with Crippen molar-refractivity contribution in [2.24, 2.45) is 0 Å². The summed E-state index contributed by atoms with van der Waals surface area (Å²) < 4.78 is 26.1. The Morgan fingerprint density at radius 3 is 2.36 bits per heavy atom. The van der Waals surface area contributed by atoms with Gasteiger partial charge in [0.25, 0.3) is 0 Å². The maximum Gasteiger partial charge on any atom is 0.218 e. The number of furan rings is 1. The standard InChI is InChI=1S/C9H12O4S/c1-9(2,14(3,11)12)8(10)7-5-4-6-13-7/h4-6H,1-3H3. The van der Waals surface area contributed by atoms with Gasteiger partial charge in [-0.1, -0.05) is 0 Å². The zero-order valence-corrected chi connectivity index (χ0v) is 9.09. The van der Waals surface area contributed by atoms with Crippen molar-refractivity contribution in [3.63, 3.8) is 0 Å². The topological polar surface area (TPSA) is 64.3 Å². The summed E-state index contributed by atoms with van der Waals surface area (Å²) in [7, 11) is -3.44. The molecule has 0 atom stereocenters. The molecule has 0 aliphatic carbocycles. The molecule has 14 heavy (non-hydrogen) atoms. The Bertz CT molecular complexity index is 425. The third-order valence-electron chi connectivity index (χ3n) is 2.22. The smallest absolute Gasteiger partial charge is 0.218 e. The normalized spacial score (nSPS) is 12.8. The summed E-state index contributed by atoms with van der Waals surface area (Å²) in [6, 6.07) is 3.00. The summed E-state index contributed by atoms with van der Waals surface area (Å²) in [6.07, 6.45) is 2.37. The van der Waals surface area contributed by atoms with Crippen molar-refractivity contribution < 1.29 is 17.6 Å². The third-order valence-corrected chi connectivity index (χ3v) is 4.26. The highest BCUT2D eigenvalue weighted by Crippen LogP contribution is 2.21. The first-order valence-corrected chi connectivity index (χ1v) is 5.94. The molecule has 0 aromatic carbocycles. The number of rotatable bonds is 3. The largest absolute Gasteiger partial charge is 0.461 e. The molecule has 0 amide bonds. The van der Waals surface area contributed by atoms with E-state index >= 15 is 0 Å². The first-order chi connectivity index (χ1) is 6.27. The fourth-order valence-electron chi connectivity index (χ4n) is 0.873. The summed E-state index contributed by atoms with van der Waals surface area (Å²) in [6.45, 7) is 2.74. The maximum absolute atomic E-state index is 11.7. The van der Waals surface area contributed by atoms with Crippen LogP contribution in [0.1, 0.15) is 24.4 Å². The quantitative estimate of drug-likeness (QED) is 0.714. The van der Waals surface area contributed by atoms with Crippen molar-refractivity contribution in [1.29, 1.82) is 0 Å². The van der Waals surface area contributed by atoms with E-state index in [2.05, 4.69) is 0 Å². The number of ketones is 1. The molecule has 0 bridgehead atoms. The number of sulfone groups is 1. The highest BCUT2D eigenvalue weighted by atomic mass is 32.2. The van der Waals surface area contributed by atoms with E-state index < -0.39 is 20.4 Å². The van der Waals surface area contributed by atoms with E-state index in [0.29, 0.717) is 0 Å². The van der Waals surface area contributed by atoms with Gasteiger partial charge in [-0.05, 0) is 26.0 Å². The molecule has 4 nitrogen and oxygen atoms in total. The van der Waals surface area contributed by atoms with Gasteiger partial charge in [-0.15, -0.1) is 0 Å². The van der Waals surface area contributed by atoms with Crippen LogP contribution < -0.4 is 0 Å². The van der Waals surface area contributed by atoms with E-state index in [4.69, 9.17) is 4.42 Å². The molecule has 1 heterocycles. The Kier molecular flexibility index (Phi) is 2.54. The van der Waals surface area contributed by atoms with Crippen LogP contribution in [0.2, 0.25) is 0 Å². The fraction of sp³-hybridized carbons (Fsp3) is 0.444. The lowest BCUT2D eigenvalue weighted by molar-refractivity contribution is 0.0926. The number of carbonyl (C=O) groups excluding carboxylic acids is 1. The molecule has 0 saturated carbocycles. The molecule has 0 radical (unpaired) electrons. The van der Waals surface area contributed by atoms with Gasteiger partial charge in [0.2, 0.25) is 5.78 Å². The van der Waals surface area contributed by atoms with Crippen LogP contribution in [0.15, 0.2) is 22.8 Å². The first kappa shape index (κ1) is 11.0. The highest BCUT2D eigenvalue weighted by Gasteiger charge is 2.40. The predicted molar refractivity (Wildman–Crippen MR) is 52.0 cm³/mol. The minimum absolute atomic E-state index is 0.0698. The van der Waals surface area contributed by atoms with Gasteiger partial charge in [-0.3, -0.25) is 4.79 Å². The molecule has 0 N–H and O–H groups in total. The van der Waals surface area contributed by atoms with Crippen molar-refractivity contribution in [2.45, 2.75) is 18.6 Å². The van der Waals surface area contributed by atoms with Gasteiger partial charge < -0.3 is 4.42 Å². The number of carbonyl (C=O) groups is 1.